The molecule has 0 radical (unpaired) electrons. The summed E-state index contributed by atoms with van der Waals surface area (Å²) >= 11 is 0. The van der Waals surface area contributed by atoms with Gasteiger partial charge in [0.05, 0.1) is 16.8 Å². The fraction of sp³-hybridized carbons (Fsp3) is 0.0196. The van der Waals surface area contributed by atoms with E-state index in [1.807, 2.05) is 0 Å². The fourth-order valence-corrected chi connectivity index (χ4v) is 8.74. The van der Waals surface area contributed by atoms with E-state index in [0.29, 0.717) is 0 Å². The molecular formula is C51H35N. The van der Waals surface area contributed by atoms with Crippen LogP contribution in [0.4, 0.5) is 17.1 Å². The van der Waals surface area contributed by atoms with Crippen molar-refractivity contribution in [3.63, 3.8) is 0 Å². The molecule has 0 saturated heterocycles. The van der Waals surface area contributed by atoms with Crippen LogP contribution in [0, 0.1) is 0 Å². The average molecular weight is 662 g/mol. The normalized spacial score (nSPS) is 12.8. The van der Waals surface area contributed by atoms with Gasteiger partial charge in [0.25, 0.3) is 0 Å². The number of hydrogen-bond acceptors (Lipinski definition) is 1. The van der Waals surface area contributed by atoms with Gasteiger partial charge in [0.2, 0.25) is 0 Å². The molecule has 0 aromatic heterocycles. The Hall–Kier alpha value is -6.70. The van der Waals surface area contributed by atoms with Gasteiger partial charge in [-0.1, -0.05) is 188 Å². The van der Waals surface area contributed by atoms with E-state index in [2.05, 4.69) is 217 Å². The Kier molecular flexibility index (Phi) is 7.11. The molecule has 1 heteroatoms. The summed E-state index contributed by atoms with van der Waals surface area (Å²) in [7, 11) is 0. The predicted molar refractivity (Wildman–Crippen MR) is 219 cm³/mol. The van der Waals surface area contributed by atoms with Crippen LogP contribution in [0.3, 0.4) is 0 Å². The number of anilines is 3. The summed E-state index contributed by atoms with van der Waals surface area (Å²) in [5.74, 6) is 0. The van der Waals surface area contributed by atoms with Crippen molar-refractivity contribution in [2.45, 2.75) is 5.41 Å². The fourth-order valence-electron chi connectivity index (χ4n) is 8.74. The molecule has 0 unspecified atom stereocenters. The molecule has 0 atom stereocenters. The summed E-state index contributed by atoms with van der Waals surface area (Å²) in [5.41, 5.74) is 12.9. The molecule has 0 fully saturated rings. The van der Waals surface area contributed by atoms with Crippen molar-refractivity contribution in [3.05, 3.63) is 235 Å². The van der Waals surface area contributed by atoms with Gasteiger partial charge in [-0.25, -0.2) is 0 Å². The van der Waals surface area contributed by atoms with Crippen LogP contribution in [0.5, 0.6) is 0 Å². The highest BCUT2D eigenvalue weighted by Gasteiger charge is 2.46. The van der Waals surface area contributed by atoms with Gasteiger partial charge in [0.1, 0.15) is 0 Å². The van der Waals surface area contributed by atoms with E-state index in [1.165, 1.54) is 66.1 Å². The van der Waals surface area contributed by atoms with Crippen LogP contribution < -0.4 is 4.90 Å². The van der Waals surface area contributed by atoms with Gasteiger partial charge < -0.3 is 4.90 Å². The summed E-state index contributed by atoms with van der Waals surface area (Å²) in [6.45, 7) is 0. The Balaban J connectivity index is 1.32. The lowest BCUT2D eigenvalue weighted by atomic mass is 9.67. The summed E-state index contributed by atoms with van der Waals surface area (Å²) in [6.07, 6.45) is 0. The number of para-hydroxylation sites is 1. The molecule has 1 nitrogen and oxygen atoms in total. The Bertz CT molecular complexity index is 2690. The number of hydrogen-bond donors (Lipinski definition) is 0. The Morgan fingerprint density at radius 2 is 0.904 bits per heavy atom. The van der Waals surface area contributed by atoms with E-state index in [0.717, 1.165) is 17.1 Å². The van der Waals surface area contributed by atoms with Crippen LogP contribution in [0.1, 0.15) is 22.3 Å². The van der Waals surface area contributed by atoms with Gasteiger partial charge in [0.15, 0.2) is 0 Å². The molecule has 9 aromatic rings. The largest absolute Gasteiger partial charge is 0.309 e. The Morgan fingerprint density at radius 3 is 1.67 bits per heavy atom. The van der Waals surface area contributed by atoms with Crippen molar-refractivity contribution in [1.82, 2.24) is 0 Å². The van der Waals surface area contributed by atoms with Crippen LogP contribution in [0.2, 0.25) is 0 Å². The number of rotatable bonds is 6. The lowest BCUT2D eigenvalue weighted by Gasteiger charge is -2.35. The van der Waals surface area contributed by atoms with Crippen molar-refractivity contribution in [2.75, 3.05) is 4.90 Å². The maximum Gasteiger partial charge on any atom is 0.0714 e. The smallest absolute Gasteiger partial charge is 0.0714 e. The molecule has 10 rings (SSSR count). The molecule has 244 valence electrons. The van der Waals surface area contributed by atoms with Crippen LogP contribution in [-0.2, 0) is 5.41 Å². The molecule has 0 N–H and O–H groups in total. The molecule has 0 aliphatic heterocycles. The zero-order valence-corrected chi connectivity index (χ0v) is 28.7. The third-order valence-electron chi connectivity index (χ3n) is 10.9. The summed E-state index contributed by atoms with van der Waals surface area (Å²) in [6, 6.07) is 77.9. The molecule has 0 saturated carbocycles. The molecule has 1 aliphatic carbocycles. The lowest BCUT2D eigenvalue weighted by Crippen LogP contribution is -2.28. The van der Waals surface area contributed by atoms with Crippen molar-refractivity contribution in [2.24, 2.45) is 0 Å². The van der Waals surface area contributed by atoms with Crippen molar-refractivity contribution < 1.29 is 0 Å². The second-order valence-electron chi connectivity index (χ2n) is 13.6. The standard InChI is InChI=1S/C51H35N/c1-4-17-36(18-5-1)42-25-13-15-29-48(42)52(49-30-16-20-38-32-31-37-19-10-11-26-43(37)50(38)49)41-33-34-45-44-27-12-14-28-46(44)51(47(45)35-41,39-21-6-2-7-22-39)40-23-8-3-9-24-40/h1-35H. The van der Waals surface area contributed by atoms with Gasteiger partial charge in [-0.05, 0) is 79.4 Å². The van der Waals surface area contributed by atoms with Crippen molar-refractivity contribution >= 4 is 38.6 Å². The van der Waals surface area contributed by atoms with Crippen LogP contribution >= 0.6 is 0 Å². The zero-order chi connectivity index (χ0) is 34.5. The first kappa shape index (κ1) is 30.2. The monoisotopic (exact) mass is 661 g/mol. The van der Waals surface area contributed by atoms with Crippen LogP contribution in [0.15, 0.2) is 212 Å². The number of benzene rings is 9. The van der Waals surface area contributed by atoms with Gasteiger partial charge in [0, 0.05) is 16.6 Å². The Labute approximate surface area is 304 Å². The number of fused-ring (bicyclic) bond motifs is 6. The van der Waals surface area contributed by atoms with E-state index >= 15 is 0 Å². The van der Waals surface area contributed by atoms with Gasteiger partial charge in [-0.15, -0.1) is 0 Å². The van der Waals surface area contributed by atoms with Crippen molar-refractivity contribution in [3.8, 4) is 22.3 Å². The quantitative estimate of drug-likeness (QED) is 0.160. The highest BCUT2D eigenvalue weighted by molar-refractivity contribution is 6.15. The summed E-state index contributed by atoms with van der Waals surface area (Å²) < 4.78 is 0. The minimum atomic E-state index is -0.499. The van der Waals surface area contributed by atoms with Crippen LogP contribution in [-0.4, -0.2) is 0 Å². The van der Waals surface area contributed by atoms with Crippen molar-refractivity contribution in [1.29, 1.82) is 0 Å². The van der Waals surface area contributed by atoms with E-state index in [1.54, 1.807) is 0 Å². The lowest BCUT2D eigenvalue weighted by molar-refractivity contribution is 0.768. The van der Waals surface area contributed by atoms with E-state index < -0.39 is 5.41 Å². The molecule has 0 bridgehead atoms. The highest BCUT2D eigenvalue weighted by Crippen LogP contribution is 2.57. The first-order valence-electron chi connectivity index (χ1n) is 18.0. The molecule has 0 amide bonds. The minimum absolute atomic E-state index is 0.499. The third-order valence-corrected chi connectivity index (χ3v) is 10.9. The zero-order valence-electron chi connectivity index (χ0n) is 28.7. The second-order valence-corrected chi connectivity index (χ2v) is 13.6. The van der Waals surface area contributed by atoms with Crippen LogP contribution in [0.25, 0.3) is 43.8 Å². The molecule has 9 aromatic carbocycles. The number of nitrogens with zero attached hydrogens (tertiary/aromatic N) is 1. The summed E-state index contributed by atoms with van der Waals surface area (Å²) in [5, 5.41) is 4.93. The molecular weight excluding hydrogens is 627 g/mol. The third kappa shape index (κ3) is 4.56. The maximum atomic E-state index is 2.50. The topological polar surface area (TPSA) is 3.24 Å². The maximum absolute atomic E-state index is 2.50. The van der Waals surface area contributed by atoms with Gasteiger partial charge in [-0.3, -0.25) is 0 Å². The van der Waals surface area contributed by atoms with Gasteiger partial charge in [-0.2, -0.15) is 0 Å². The summed E-state index contributed by atoms with van der Waals surface area (Å²) in [4.78, 5) is 2.50. The molecule has 0 heterocycles. The first-order valence-corrected chi connectivity index (χ1v) is 18.0. The van der Waals surface area contributed by atoms with E-state index in [-0.39, 0.29) is 0 Å². The Morgan fingerprint density at radius 1 is 0.346 bits per heavy atom. The average Bonchev–Trinajstić information content (AvgIpc) is 3.52. The van der Waals surface area contributed by atoms with Gasteiger partial charge >= 0.3 is 0 Å². The molecule has 0 spiro atoms. The predicted octanol–water partition coefficient (Wildman–Crippen LogP) is 13.5. The first-order chi connectivity index (χ1) is 25.8. The second kappa shape index (κ2) is 12.3. The SMILES string of the molecule is c1ccc(-c2ccccc2N(c2ccc3c(c2)C(c2ccccc2)(c2ccccc2)c2ccccc2-3)c2cccc3ccc4ccccc4c23)cc1. The minimum Gasteiger partial charge on any atom is -0.309 e. The molecule has 52 heavy (non-hydrogen) atoms. The highest BCUT2D eigenvalue weighted by atomic mass is 15.1. The molecule has 1 aliphatic rings. The van der Waals surface area contributed by atoms with E-state index in [9.17, 15) is 0 Å². The van der Waals surface area contributed by atoms with E-state index in [4.69, 9.17) is 0 Å².